The SMILES string of the molecule is CCC(=O)Nc1cc(Cl)ccc1C(=O)N(C)Cc1cn(CC)nc1C. The molecule has 134 valence electrons. The van der Waals surface area contributed by atoms with Crippen LogP contribution in [-0.2, 0) is 17.9 Å². The maximum atomic E-state index is 12.8. The molecule has 1 aromatic heterocycles. The molecule has 0 radical (unpaired) electrons. The van der Waals surface area contributed by atoms with Gasteiger partial charge in [-0.1, -0.05) is 18.5 Å². The molecule has 25 heavy (non-hydrogen) atoms. The fourth-order valence-electron chi connectivity index (χ4n) is 2.45. The minimum atomic E-state index is -0.188. The number of benzene rings is 1. The van der Waals surface area contributed by atoms with Crippen molar-refractivity contribution in [2.75, 3.05) is 12.4 Å². The smallest absolute Gasteiger partial charge is 0.256 e. The van der Waals surface area contributed by atoms with Gasteiger partial charge in [0.2, 0.25) is 5.91 Å². The van der Waals surface area contributed by atoms with Crippen molar-refractivity contribution in [2.24, 2.45) is 0 Å². The van der Waals surface area contributed by atoms with E-state index in [9.17, 15) is 9.59 Å². The molecule has 0 spiro atoms. The molecule has 0 saturated carbocycles. The zero-order valence-corrected chi connectivity index (χ0v) is 15.7. The van der Waals surface area contributed by atoms with E-state index in [-0.39, 0.29) is 11.8 Å². The number of nitrogens with zero attached hydrogens (tertiary/aromatic N) is 3. The molecule has 2 rings (SSSR count). The van der Waals surface area contributed by atoms with Crippen LogP contribution in [0.4, 0.5) is 5.69 Å². The number of halogens is 1. The van der Waals surface area contributed by atoms with Crippen molar-refractivity contribution in [3.63, 3.8) is 0 Å². The lowest BCUT2D eigenvalue weighted by atomic mass is 10.1. The summed E-state index contributed by atoms with van der Waals surface area (Å²) in [4.78, 5) is 26.2. The Morgan fingerprint density at radius 3 is 2.64 bits per heavy atom. The van der Waals surface area contributed by atoms with E-state index in [0.29, 0.717) is 29.2 Å². The van der Waals surface area contributed by atoms with E-state index < -0.39 is 0 Å². The Kier molecular flexibility index (Phi) is 6.20. The zero-order valence-electron chi connectivity index (χ0n) is 15.0. The summed E-state index contributed by atoms with van der Waals surface area (Å²) in [7, 11) is 1.73. The van der Waals surface area contributed by atoms with Crippen molar-refractivity contribution in [1.29, 1.82) is 0 Å². The van der Waals surface area contributed by atoms with Crippen molar-refractivity contribution < 1.29 is 9.59 Å². The summed E-state index contributed by atoms with van der Waals surface area (Å²) >= 11 is 6.01. The number of aryl methyl sites for hydroxylation is 2. The van der Waals surface area contributed by atoms with E-state index >= 15 is 0 Å². The van der Waals surface area contributed by atoms with Crippen molar-refractivity contribution in [3.05, 3.63) is 46.2 Å². The summed E-state index contributed by atoms with van der Waals surface area (Å²) in [5.74, 6) is -0.356. The molecular weight excluding hydrogens is 340 g/mol. The molecule has 2 amide bonds. The first kappa shape index (κ1) is 19.0. The van der Waals surface area contributed by atoms with Crippen LogP contribution < -0.4 is 5.32 Å². The molecule has 0 aliphatic carbocycles. The summed E-state index contributed by atoms with van der Waals surface area (Å²) in [5.41, 5.74) is 2.73. The Bertz CT molecular complexity index is 785. The molecule has 1 heterocycles. The van der Waals surface area contributed by atoms with Gasteiger partial charge in [-0.05, 0) is 32.0 Å². The van der Waals surface area contributed by atoms with E-state index in [4.69, 9.17) is 11.6 Å². The molecule has 0 fully saturated rings. The Hall–Kier alpha value is -2.34. The maximum Gasteiger partial charge on any atom is 0.256 e. The Balaban J connectivity index is 2.23. The van der Waals surface area contributed by atoms with Gasteiger partial charge < -0.3 is 10.2 Å². The molecule has 0 unspecified atom stereocenters. The molecule has 1 N–H and O–H groups in total. The van der Waals surface area contributed by atoms with Gasteiger partial charge in [-0.15, -0.1) is 0 Å². The molecule has 0 aliphatic rings. The minimum absolute atomic E-state index is 0.168. The second-order valence-corrected chi connectivity index (χ2v) is 6.28. The molecule has 0 bridgehead atoms. The van der Waals surface area contributed by atoms with Gasteiger partial charge in [0.25, 0.3) is 5.91 Å². The Labute approximate surface area is 152 Å². The summed E-state index contributed by atoms with van der Waals surface area (Å²) in [5, 5.41) is 7.60. The Morgan fingerprint density at radius 1 is 1.32 bits per heavy atom. The summed E-state index contributed by atoms with van der Waals surface area (Å²) < 4.78 is 1.85. The zero-order chi connectivity index (χ0) is 18.6. The standard InChI is InChI=1S/C18H23ClN4O2/c1-5-17(24)20-16-9-14(19)7-8-15(16)18(25)22(4)10-13-11-23(6-2)21-12(13)3/h7-9,11H,5-6,10H2,1-4H3,(H,20,24). The van der Waals surface area contributed by atoms with Gasteiger partial charge in [0.15, 0.2) is 0 Å². The van der Waals surface area contributed by atoms with Gasteiger partial charge in [0.05, 0.1) is 16.9 Å². The van der Waals surface area contributed by atoms with Gasteiger partial charge >= 0.3 is 0 Å². The number of carbonyl (C=O) groups is 2. The van der Waals surface area contributed by atoms with Crippen LogP contribution >= 0.6 is 11.6 Å². The van der Waals surface area contributed by atoms with Gasteiger partial charge in [0.1, 0.15) is 0 Å². The lowest BCUT2D eigenvalue weighted by Gasteiger charge is -2.19. The monoisotopic (exact) mass is 362 g/mol. The second kappa shape index (κ2) is 8.16. The average Bonchev–Trinajstić information content (AvgIpc) is 2.94. The van der Waals surface area contributed by atoms with Gasteiger partial charge in [0, 0.05) is 43.3 Å². The number of amides is 2. The van der Waals surface area contributed by atoms with Crippen LogP contribution in [0.15, 0.2) is 24.4 Å². The van der Waals surface area contributed by atoms with Crippen molar-refractivity contribution in [3.8, 4) is 0 Å². The van der Waals surface area contributed by atoms with Crippen LogP contribution in [-0.4, -0.2) is 33.5 Å². The summed E-state index contributed by atoms with van der Waals surface area (Å²) in [6, 6.07) is 4.87. The van der Waals surface area contributed by atoms with E-state index in [0.717, 1.165) is 17.8 Å². The fourth-order valence-corrected chi connectivity index (χ4v) is 2.63. The second-order valence-electron chi connectivity index (χ2n) is 5.85. The molecular formula is C18H23ClN4O2. The largest absolute Gasteiger partial charge is 0.337 e. The Morgan fingerprint density at radius 2 is 2.04 bits per heavy atom. The van der Waals surface area contributed by atoms with Crippen LogP contribution in [0.3, 0.4) is 0 Å². The van der Waals surface area contributed by atoms with Gasteiger partial charge in [-0.3, -0.25) is 14.3 Å². The molecule has 2 aromatic rings. The first-order chi connectivity index (χ1) is 11.8. The predicted octanol–water partition coefficient (Wildman–Crippen LogP) is 3.49. The summed E-state index contributed by atoms with van der Waals surface area (Å²) in [6.45, 7) is 6.91. The topological polar surface area (TPSA) is 67.2 Å². The van der Waals surface area contributed by atoms with Crippen LogP contribution in [0.25, 0.3) is 0 Å². The third kappa shape index (κ3) is 4.60. The van der Waals surface area contributed by atoms with E-state index in [1.165, 1.54) is 0 Å². The van der Waals surface area contributed by atoms with Crippen LogP contribution in [0, 0.1) is 6.92 Å². The van der Waals surface area contributed by atoms with Crippen LogP contribution in [0.2, 0.25) is 5.02 Å². The molecule has 0 saturated heterocycles. The lowest BCUT2D eigenvalue weighted by Crippen LogP contribution is -2.27. The highest BCUT2D eigenvalue weighted by molar-refractivity contribution is 6.31. The highest BCUT2D eigenvalue weighted by Crippen LogP contribution is 2.23. The van der Waals surface area contributed by atoms with Crippen LogP contribution in [0.5, 0.6) is 0 Å². The number of carbonyl (C=O) groups excluding carboxylic acids is 2. The quantitative estimate of drug-likeness (QED) is 0.855. The normalized spacial score (nSPS) is 10.6. The lowest BCUT2D eigenvalue weighted by molar-refractivity contribution is -0.115. The van der Waals surface area contributed by atoms with Crippen molar-refractivity contribution in [2.45, 2.75) is 40.3 Å². The number of anilines is 1. The van der Waals surface area contributed by atoms with Crippen molar-refractivity contribution >= 4 is 29.1 Å². The molecule has 0 aliphatic heterocycles. The van der Waals surface area contributed by atoms with E-state index in [1.807, 2.05) is 24.7 Å². The van der Waals surface area contributed by atoms with Crippen molar-refractivity contribution in [1.82, 2.24) is 14.7 Å². The maximum absolute atomic E-state index is 12.8. The first-order valence-electron chi connectivity index (χ1n) is 8.23. The molecule has 0 atom stereocenters. The third-order valence-corrected chi connectivity index (χ3v) is 4.17. The van der Waals surface area contributed by atoms with Gasteiger partial charge in [-0.2, -0.15) is 5.10 Å². The molecule has 1 aromatic carbocycles. The number of aromatic nitrogens is 2. The minimum Gasteiger partial charge on any atom is -0.337 e. The number of rotatable bonds is 6. The number of hydrogen-bond acceptors (Lipinski definition) is 3. The average molecular weight is 363 g/mol. The molecule has 7 heteroatoms. The summed E-state index contributed by atoms with van der Waals surface area (Å²) in [6.07, 6.45) is 2.27. The number of nitrogens with one attached hydrogen (secondary N) is 1. The van der Waals surface area contributed by atoms with E-state index in [2.05, 4.69) is 10.4 Å². The highest BCUT2D eigenvalue weighted by Gasteiger charge is 2.19. The van der Waals surface area contributed by atoms with Gasteiger partial charge in [-0.25, -0.2) is 0 Å². The first-order valence-corrected chi connectivity index (χ1v) is 8.61. The highest BCUT2D eigenvalue weighted by atomic mass is 35.5. The fraction of sp³-hybridized carbons (Fsp3) is 0.389. The third-order valence-electron chi connectivity index (χ3n) is 3.93. The van der Waals surface area contributed by atoms with Crippen LogP contribution in [0.1, 0.15) is 41.9 Å². The van der Waals surface area contributed by atoms with E-state index in [1.54, 1.807) is 37.1 Å². The number of hydrogen-bond donors (Lipinski definition) is 1. The molecule has 6 nitrogen and oxygen atoms in total. The predicted molar refractivity (Wildman–Crippen MR) is 98.8 cm³/mol.